The number of methoxy groups -OCH3 is 1. The highest BCUT2D eigenvalue weighted by Gasteiger charge is 2.40. The number of nitrogens with one attached hydrogen (secondary N) is 2. The molecule has 6 rings (SSSR count). The number of amides is 2. The monoisotopic (exact) mass is 707 g/mol. The van der Waals surface area contributed by atoms with Crippen LogP contribution in [0.15, 0.2) is 103 Å². The average molecular weight is 708 g/mol. The molecule has 0 bridgehead atoms. The summed E-state index contributed by atoms with van der Waals surface area (Å²) in [6.07, 6.45) is 1.40. The SMILES string of the molecule is COC(=O)C(Cc1ccccc1)NC(=O)NCc1ccccc1-c1ccc(C2OC(CN3CCCC3CO)C(C)C(c3ccc(CO)cc3)O2)cc1. The minimum absolute atomic E-state index is 0.0173. The first-order chi connectivity index (χ1) is 25.4. The van der Waals surface area contributed by atoms with Gasteiger partial charge in [0.15, 0.2) is 6.29 Å². The number of rotatable bonds is 13. The van der Waals surface area contributed by atoms with E-state index in [1.54, 1.807) is 0 Å². The van der Waals surface area contributed by atoms with Gasteiger partial charge in [0, 0.05) is 37.0 Å². The molecule has 10 heteroatoms. The van der Waals surface area contributed by atoms with E-state index in [0.29, 0.717) is 13.0 Å². The van der Waals surface area contributed by atoms with E-state index in [2.05, 4.69) is 22.5 Å². The number of nitrogens with zero attached hydrogens (tertiary/aromatic N) is 1. The van der Waals surface area contributed by atoms with Gasteiger partial charge in [0.05, 0.1) is 32.5 Å². The second kappa shape index (κ2) is 17.8. The predicted molar refractivity (Wildman–Crippen MR) is 198 cm³/mol. The van der Waals surface area contributed by atoms with E-state index in [4.69, 9.17) is 14.2 Å². The molecule has 10 nitrogen and oxygen atoms in total. The molecule has 274 valence electrons. The largest absolute Gasteiger partial charge is 0.467 e. The zero-order chi connectivity index (χ0) is 36.5. The van der Waals surface area contributed by atoms with E-state index >= 15 is 0 Å². The van der Waals surface area contributed by atoms with Gasteiger partial charge in [-0.2, -0.15) is 0 Å². The fourth-order valence-electron chi connectivity index (χ4n) is 7.25. The van der Waals surface area contributed by atoms with Gasteiger partial charge in [0.1, 0.15) is 6.04 Å². The second-order valence-electron chi connectivity index (χ2n) is 13.7. The van der Waals surface area contributed by atoms with Crippen molar-refractivity contribution in [3.63, 3.8) is 0 Å². The number of hydrogen-bond acceptors (Lipinski definition) is 8. The lowest BCUT2D eigenvalue weighted by molar-refractivity contribution is -0.276. The summed E-state index contributed by atoms with van der Waals surface area (Å²) in [5.41, 5.74) is 6.53. The first-order valence-electron chi connectivity index (χ1n) is 18.1. The number of carbonyl (C=O) groups excluding carboxylic acids is 2. The molecular formula is C42H49N3O7. The Morgan fingerprint density at radius 1 is 0.885 bits per heavy atom. The van der Waals surface area contributed by atoms with Gasteiger partial charge in [0.25, 0.3) is 0 Å². The third kappa shape index (κ3) is 9.07. The van der Waals surface area contributed by atoms with Gasteiger partial charge in [-0.15, -0.1) is 0 Å². The van der Waals surface area contributed by atoms with Gasteiger partial charge in [-0.05, 0) is 52.8 Å². The van der Waals surface area contributed by atoms with Crippen molar-refractivity contribution in [2.75, 3.05) is 26.8 Å². The highest BCUT2D eigenvalue weighted by atomic mass is 16.7. The number of ether oxygens (including phenoxy) is 3. The van der Waals surface area contributed by atoms with Gasteiger partial charge in [-0.1, -0.05) is 110 Å². The maximum absolute atomic E-state index is 13.0. The third-order valence-corrected chi connectivity index (χ3v) is 10.3. The standard InChI is InChI=1S/C42H49N3O7/c1-28-38(25-45-22-8-12-35(45)27-47)51-41(52-39(28)32-16-14-30(26-46)15-17-32)33-20-18-31(19-21-33)36-13-7-6-11-34(36)24-43-42(49)44-37(40(48)50-2)23-29-9-4-3-5-10-29/h3-7,9-11,13-21,28,35,37-39,41,46-47H,8,12,22-27H2,1-2H3,(H2,43,44,49). The summed E-state index contributed by atoms with van der Waals surface area (Å²) < 4.78 is 18.3. The topological polar surface area (TPSA) is 130 Å². The van der Waals surface area contributed by atoms with Crippen LogP contribution < -0.4 is 10.6 Å². The molecule has 2 heterocycles. The molecule has 2 aliphatic rings. The molecule has 2 fully saturated rings. The number of aliphatic hydroxyl groups is 2. The summed E-state index contributed by atoms with van der Waals surface area (Å²) in [7, 11) is 1.31. The molecule has 2 amide bonds. The van der Waals surface area contributed by atoms with E-state index in [9.17, 15) is 19.8 Å². The number of aliphatic hydroxyl groups excluding tert-OH is 2. The minimum atomic E-state index is -0.826. The summed E-state index contributed by atoms with van der Waals surface area (Å²) >= 11 is 0. The highest BCUT2D eigenvalue weighted by molar-refractivity contribution is 5.84. The van der Waals surface area contributed by atoms with Crippen molar-refractivity contribution in [1.29, 1.82) is 0 Å². The third-order valence-electron chi connectivity index (χ3n) is 10.3. The molecule has 4 aromatic rings. The van der Waals surface area contributed by atoms with Gasteiger partial charge >= 0.3 is 12.0 Å². The van der Waals surface area contributed by atoms with Crippen molar-refractivity contribution in [2.24, 2.45) is 5.92 Å². The summed E-state index contributed by atoms with van der Waals surface area (Å²) in [4.78, 5) is 27.8. The number of benzene rings is 4. The van der Waals surface area contributed by atoms with Gasteiger partial charge in [-0.3, -0.25) is 4.90 Å². The molecule has 0 aromatic heterocycles. The normalized spacial score (nSPS) is 22.4. The summed E-state index contributed by atoms with van der Waals surface area (Å²) in [6, 6.07) is 32.2. The van der Waals surface area contributed by atoms with Crippen LogP contribution in [0.3, 0.4) is 0 Å². The Bertz CT molecular complexity index is 1750. The molecule has 52 heavy (non-hydrogen) atoms. The molecule has 6 unspecified atom stereocenters. The molecule has 6 atom stereocenters. The number of urea groups is 1. The Hall–Kier alpha value is -4.58. The lowest BCUT2D eigenvalue weighted by atomic mass is 9.89. The Balaban J connectivity index is 1.16. The number of esters is 1. The van der Waals surface area contributed by atoms with Crippen LogP contribution in [0.4, 0.5) is 4.79 Å². The number of carbonyl (C=O) groups is 2. The maximum atomic E-state index is 13.0. The molecule has 0 saturated carbocycles. The Kier molecular flexibility index (Phi) is 12.7. The first kappa shape index (κ1) is 37.2. The zero-order valence-corrected chi connectivity index (χ0v) is 29.8. The fourth-order valence-corrected chi connectivity index (χ4v) is 7.25. The van der Waals surface area contributed by atoms with E-state index in [1.165, 1.54) is 7.11 Å². The molecule has 2 saturated heterocycles. The van der Waals surface area contributed by atoms with E-state index < -0.39 is 24.3 Å². The van der Waals surface area contributed by atoms with Crippen molar-refractivity contribution in [3.05, 3.63) is 131 Å². The lowest BCUT2D eigenvalue weighted by Crippen LogP contribution is -2.47. The number of likely N-dealkylation sites (tertiary alicyclic amines) is 1. The van der Waals surface area contributed by atoms with E-state index in [-0.39, 0.29) is 43.9 Å². The Morgan fingerprint density at radius 3 is 2.31 bits per heavy atom. The molecule has 4 aromatic carbocycles. The van der Waals surface area contributed by atoms with Crippen molar-refractivity contribution in [2.45, 2.75) is 69.9 Å². The van der Waals surface area contributed by atoms with Crippen LogP contribution >= 0.6 is 0 Å². The van der Waals surface area contributed by atoms with Crippen molar-refractivity contribution in [3.8, 4) is 11.1 Å². The summed E-state index contributed by atoms with van der Waals surface area (Å²) in [6.45, 7) is 4.16. The minimum Gasteiger partial charge on any atom is -0.467 e. The molecular weight excluding hydrogens is 658 g/mol. The lowest BCUT2D eigenvalue weighted by Gasteiger charge is -2.43. The van der Waals surface area contributed by atoms with Crippen LogP contribution in [0, 0.1) is 5.92 Å². The van der Waals surface area contributed by atoms with Crippen LogP contribution in [0.2, 0.25) is 0 Å². The molecule has 4 N–H and O–H groups in total. The van der Waals surface area contributed by atoms with Crippen molar-refractivity contribution >= 4 is 12.0 Å². The maximum Gasteiger partial charge on any atom is 0.328 e. The van der Waals surface area contributed by atoms with Crippen LogP contribution in [0.25, 0.3) is 11.1 Å². The van der Waals surface area contributed by atoms with Crippen LogP contribution in [0.5, 0.6) is 0 Å². The van der Waals surface area contributed by atoms with Gasteiger partial charge < -0.3 is 35.1 Å². The molecule has 2 aliphatic heterocycles. The number of hydrogen-bond donors (Lipinski definition) is 4. The predicted octanol–water partition coefficient (Wildman–Crippen LogP) is 5.68. The average Bonchev–Trinajstić information content (AvgIpc) is 3.65. The molecule has 0 aliphatic carbocycles. The molecule has 0 spiro atoms. The van der Waals surface area contributed by atoms with E-state index in [0.717, 1.165) is 58.3 Å². The Labute approximate surface area is 305 Å². The van der Waals surface area contributed by atoms with Crippen molar-refractivity contribution < 1.29 is 34.0 Å². The quantitative estimate of drug-likeness (QED) is 0.131. The van der Waals surface area contributed by atoms with Crippen LogP contribution in [-0.2, 0) is 38.6 Å². The second-order valence-corrected chi connectivity index (χ2v) is 13.7. The van der Waals surface area contributed by atoms with Gasteiger partial charge in [0.2, 0.25) is 0 Å². The smallest absolute Gasteiger partial charge is 0.328 e. The van der Waals surface area contributed by atoms with Crippen LogP contribution in [-0.4, -0.2) is 72.1 Å². The van der Waals surface area contributed by atoms with Crippen molar-refractivity contribution in [1.82, 2.24) is 15.5 Å². The highest BCUT2D eigenvalue weighted by Crippen LogP contribution is 2.42. The Morgan fingerprint density at radius 2 is 1.60 bits per heavy atom. The summed E-state index contributed by atoms with van der Waals surface area (Å²) in [5.74, 6) is -0.462. The first-order valence-corrected chi connectivity index (χ1v) is 18.1. The van der Waals surface area contributed by atoms with Gasteiger partial charge in [-0.25, -0.2) is 9.59 Å². The fraction of sp³-hybridized carbons (Fsp3) is 0.381. The zero-order valence-electron chi connectivity index (χ0n) is 29.8. The van der Waals surface area contributed by atoms with E-state index in [1.807, 2.05) is 103 Å². The van der Waals surface area contributed by atoms with Crippen LogP contribution in [0.1, 0.15) is 60.0 Å². The summed E-state index contributed by atoms with van der Waals surface area (Å²) in [5, 5.41) is 25.3. The molecule has 0 radical (unpaired) electrons.